The van der Waals surface area contributed by atoms with Crippen molar-refractivity contribution in [1.82, 2.24) is 9.97 Å². The fourth-order valence-electron chi connectivity index (χ4n) is 2.83. The summed E-state index contributed by atoms with van der Waals surface area (Å²) in [6.45, 7) is 0. The smallest absolute Gasteiger partial charge is 0.259 e. The molecule has 0 saturated heterocycles. The van der Waals surface area contributed by atoms with Crippen LogP contribution in [0.2, 0.25) is 0 Å². The number of aromatic amines is 1. The van der Waals surface area contributed by atoms with E-state index in [4.69, 9.17) is 4.74 Å². The van der Waals surface area contributed by atoms with E-state index in [1.807, 2.05) is 60.7 Å². The predicted molar refractivity (Wildman–Crippen MR) is 102 cm³/mol. The Balaban J connectivity index is 1.69. The number of benzene rings is 3. The van der Waals surface area contributed by atoms with Crippen LogP contribution in [-0.2, 0) is 0 Å². The number of hydrogen-bond donors (Lipinski definition) is 1. The Kier molecular flexibility index (Phi) is 3.78. The van der Waals surface area contributed by atoms with Crippen LogP contribution >= 0.6 is 0 Å². The number of rotatable bonds is 3. The molecule has 4 nitrogen and oxygen atoms in total. The summed E-state index contributed by atoms with van der Waals surface area (Å²) in [6, 6.07) is 19.5. The molecule has 0 atom stereocenters. The molecule has 3 aromatic carbocycles. The maximum atomic E-state index is 12.1. The van der Waals surface area contributed by atoms with Gasteiger partial charge in [0, 0.05) is 0 Å². The number of H-pyrrole nitrogens is 1. The fraction of sp³-hybridized carbons (Fsp3) is 0.0476. The summed E-state index contributed by atoms with van der Waals surface area (Å²) in [5.74, 6) is 1.38. The first-order valence-corrected chi connectivity index (χ1v) is 7.98. The van der Waals surface area contributed by atoms with Crippen molar-refractivity contribution in [3.8, 4) is 5.75 Å². The first kappa shape index (κ1) is 15.1. The number of methoxy groups -OCH3 is 1. The van der Waals surface area contributed by atoms with Crippen molar-refractivity contribution in [3.05, 3.63) is 82.4 Å². The lowest BCUT2D eigenvalue weighted by Crippen LogP contribution is -2.09. The predicted octanol–water partition coefficient (Wildman–Crippen LogP) is 4.26. The van der Waals surface area contributed by atoms with E-state index in [2.05, 4.69) is 16.0 Å². The molecule has 0 spiro atoms. The lowest BCUT2D eigenvalue weighted by molar-refractivity contribution is 0.415. The summed E-state index contributed by atoms with van der Waals surface area (Å²) in [5, 5.41) is 2.84. The zero-order valence-corrected chi connectivity index (χ0v) is 13.7. The molecule has 4 rings (SSSR count). The van der Waals surface area contributed by atoms with Gasteiger partial charge in [0.1, 0.15) is 11.6 Å². The van der Waals surface area contributed by atoms with Crippen LogP contribution in [0.5, 0.6) is 5.75 Å². The van der Waals surface area contributed by atoms with Gasteiger partial charge in [0.2, 0.25) is 0 Å². The van der Waals surface area contributed by atoms with Gasteiger partial charge in [0.15, 0.2) is 0 Å². The highest BCUT2D eigenvalue weighted by molar-refractivity contribution is 5.87. The van der Waals surface area contributed by atoms with E-state index in [9.17, 15) is 4.79 Å². The minimum absolute atomic E-state index is 0.129. The van der Waals surface area contributed by atoms with Crippen molar-refractivity contribution in [2.24, 2.45) is 0 Å². The molecule has 0 amide bonds. The van der Waals surface area contributed by atoms with E-state index >= 15 is 0 Å². The van der Waals surface area contributed by atoms with Gasteiger partial charge in [-0.1, -0.05) is 36.4 Å². The molecule has 122 valence electrons. The monoisotopic (exact) mass is 328 g/mol. The van der Waals surface area contributed by atoms with Gasteiger partial charge in [-0.2, -0.15) is 0 Å². The molecular formula is C21H16N2O2. The quantitative estimate of drug-likeness (QED) is 0.611. The number of hydrogen-bond acceptors (Lipinski definition) is 3. The molecule has 1 N–H and O–H groups in total. The third kappa shape index (κ3) is 3.02. The van der Waals surface area contributed by atoms with Crippen LogP contribution in [0.15, 0.2) is 65.5 Å². The summed E-state index contributed by atoms with van der Waals surface area (Å²) in [5.41, 5.74) is 1.60. The Hall–Kier alpha value is -3.40. The van der Waals surface area contributed by atoms with Crippen LogP contribution in [0.1, 0.15) is 11.4 Å². The van der Waals surface area contributed by atoms with Crippen molar-refractivity contribution in [2.75, 3.05) is 7.11 Å². The van der Waals surface area contributed by atoms with Gasteiger partial charge in [-0.05, 0) is 52.7 Å². The minimum Gasteiger partial charge on any atom is -0.497 e. The third-order valence-electron chi connectivity index (χ3n) is 4.14. The first-order valence-electron chi connectivity index (χ1n) is 7.98. The highest BCUT2D eigenvalue weighted by atomic mass is 16.5. The van der Waals surface area contributed by atoms with Gasteiger partial charge in [-0.3, -0.25) is 4.79 Å². The second-order valence-corrected chi connectivity index (χ2v) is 5.77. The molecule has 0 unspecified atom stereocenters. The van der Waals surface area contributed by atoms with Crippen LogP contribution in [0.3, 0.4) is 0 Å². The summed E-state index contributed by atoms with van der Waals surface area (Å²) in [4.78, 5) is 19.4. The highest BCUT2D eigenvalue weighted by Gasteiger charge is 2.01. The Bertz CT molecular complexity index is 1160. The van der Waals surface area contributed by atoms with Crippen LogP contribution < -0.4 is 10.3 Å². The lowest BCUT2D eigenvalue weighted by atomic mass is 10.1. The number of nitrogens with one attached hydrogen (secondary N) is 1. The third-order valence-corrected chi connectivity index (χ3v) is 4.14. The largest absolute Gasteiger partial charge is 0.497 e. The molecule has 0 bridgehead atoms. The van der Waals surface area contributed by atoms with Crippen LogP contribution in [0, 0.1) is 0 Å². The van der Waals surface area contributed by atoms with Crippen molar-refractivity contribution in [3.63, 3.8) is 0 Å². The zero-order chi connectivity index (χ0) is 17.2. The van der Waals surface area contributed by atoms with Gasteiger partial charge >= 0.3 is 0 Å². The number of fused-ring (bicyclic) bond motifs is 2. The van der Waals surface area contributed by atoms with E-state index in [-0.39, 0.29) is 5.56 Å². The molecule has 0 aliphatic heterocycles. The average molecular weight is 328 g/mol. The first-order chi connectivity index (χ1) is 12.2. The van der Waals surface area contributed by atoms with Gasteiger partial charge in [0.25, 0.3) is 5.56 Å². The Labute approximate surface area is 144 Å². The van der Waals surface area contributed by atoms with E-state index in [1.54, 1.807) is 13.2 Å². The van der Waals surface area contributed by atoms with Gasteiger partial charge < -0.3 is 9.72 Å². The van der Waals surface area contributed by atoms with E-state index in [1.165, 1.54) is 0 Å². The molecule has 4 aromatic rings. The second kappa shape index (κ2) is 6.24. The van der Waals surface area contributed by atoms with Crippen molar-refractivity contribution >= 4 is 33.8 Å². The highest BCUT2D eigenvalue weighted by Crippen LogP contribution is 2.22. The van der Waals surface area contributed by atoms with Crippen molar-refractivity contribution < 1.29 is 4.74 Å². The van der Waals surface area contributed by atoms with Crippen LogP contribution in [0.25, 0.3) is 33.8 Å². The molecule has 1 aromatic heterocycles. The Morgan fingerprint density at radius 3 is 2.64 bits per heavy atom. The number of ether oxygens (including phenoxy) is 1. The normalized spacial score (nSPS) is 11.4. The molecule has 0 radical (unpaired) electrons. The molecule has 0 fully saturated rings. The fourth-order valence-corrected chi connectivity index (χ4v) is 2.83. The maximum Gasteiger partial charge on any atom is 0.259 e. The summed E-state index contributed by atoms with van der Waals surface area (Å²) >= 11 is 0. The summed E-state index contributed by atoms with van der Waals surface area (Å²) in [7, 11) is 1.66. The second-order valence-electron chi connectivity index (χ2n) is 5.77. The maximum absolute atomic E-state index is 12.1. The van der Waals surface area contributed by atoms with E-state index in [0.717, 1.165) is 22.1 Å². The lowest BCUT2D eigenvalue weighted by Gasteiger charge is -2.03. The Morgan fingerprint density at radius 2 is 1.76 bits per heavy atom. The summed E-state index contributed by atoms with van der Waals surface area (Å²) < 4.78 is 5.25. The molecule has 25 heavy (non-hydrogen) atoms. The van der Waals surface area contributed by atoms with E-state index in [0.29, 0.717) is 16.7 Å². The average Bonchev–Trinajstić information content (AvgIpc) is 2.66. The number of para-hydroxylation sites is 1. The number of aromatic nitrogens is 2. The van der Waals surface area contributed by atoms with Gasteiger partial charge in [-0.15, -0.1) is 0 Å². The summed E-state index contributed by atoms with van der Waals surface area (Å²) in [6.07, 6.45) is 3.76. The Morgan fingerprint density at radius 1 is 0.960 bits per heavy atom. The van der Waals surface area contributed by atoms with Crippen LogP contribution in [0.4, 0.5) is 0 Å². The zero-order valence-electron chi connectivity index (χ0n) is 13.7. The van der Waals surface area contributed by atoms with Gasteiger partial charge in [0.05, 0.1) is 18.0 Å². The molecule has 1 heterocycles. The molecule has 0 aliphatic rings. The van der Waals surface area contributed by atoms with Gasteiger partial charge in [-0.25, -0.2) is 4.98 Å². The standard InChI is InChI=1S/C21H16N2O2/c1-25-17-10-9-15-12-14(6-8-16(15)13-17)7-11-20-22-19-5-3-2-4-18(19)21(24)23-20/h2-13H,1H3,(H,22,23,24)/b11-7+. The molecule has 0 saturated carbocycles. The molecular weight excluding hydrogens is 312 g/mol. The minimum atomic E-state index is -0.129. The van der Waals surface area contributed by atoms with Crippen LogP contribution in [-0.4, -0.2) is 17.1 Å². The van der Waals surface area contributed by atoms with Crippen molar-refractivity contribution in [1.29, 1.82) is 0 Å². The molecule has 4 heteroatoms. The van der Waals surface area contributed by atoms with E-state index < -0.39 is 0 Å². The number of nitrogens with zero attached hydrogens (tertiary/aromatic N) is 1. The molecule has 0 aliphatic carbocycles. The van der Waals surface area contributed by atoms with Crippen molar-refractivity contribution in [2.45, 2.75) is 0 Å². The topological polar surface area (TPSA) is 55.0 Å². The SMILES string of the molecule is COc1ccc2cc(/C=C/c3nc4ccccc4c(=O)[nH]3)ccc2c1.